The summed E-state index contributed by atoms with van der Waals surface area (Å²) in [5.74, 6) is 0. The number of thiophene rings is 1. The second-order valence-corrected chi connectivity index (χ2v) is 6.52. The molecule has 2 unspecified atom stereocenters. The van der Waals surface area contributed by atoms with E-state index in [1.54, 1.807) is 0 Å². The summed E-state index contributed by atoms with van der Waals surface area (Å²) >= 11 is 1.54. The van der Waals surface area contributed by atoms with Crippen LogP contribution in [0.4, 0.5) is 0 Å². The monoisotopic (exact) mass is 265 g/mol. The highest BCUT2D eigenvalue weighted by Crippen LogP contribution is 2.29. The van der Waals surface area contributed by atoms with Gasteiger partial charge in [-0.25, -0.2) is 0 Å². The van der Waals surface area contributed by atoms with Crippen molar-refractivity contribution in [3.8, 4) is 0 Å². The molecule has 0 amide bonds. The molecule has 4 heteroatoms. The minimum absolute atomic E-state index is 0.000139. The maximum atomic E-state index is 12.5. The average Bonchev–Trinajstić information content (AvgIpc) is 2.90. The molecule has 0 radical (unpaired) electrons. The van der Waals surface area contributed by atoms with Gasteiger partial charge in [-0.1, -0.05) is 36.4 Å². The summed E-state index contributed by atoms with van der Waals surface area (Å²) in [6, 6.07) is 13.8. The molecule has 2 aromatic rings. The van der Waals surface area contributed by atoms with E-state index in [-0.39, 0.29) is 5.25 Å². The predicted molar refractivity (Wildman–Crippen MR) is 73.6 cm³/mol. The number of nitrogens with two attached hydrogens (primary N) is 1. The minimum atomic E-state index is -1.00. The van der Waals surface area contributed by atoms with Gasteiger partial charge in [-0.15, -0.1) is 11.3 Å². The van der Waals surface area contributed by atoms with Crippen molar-refractivity contribution in [2.24, 2.45) is 5.73 Å². The first kappa shape index (κ1) is 12.5. The van der Waals surface area contributed by atoms with E-state index in [0.717, 1.165) is 16.2 Å². The zero-order chi connectivity index (χ0) is 12.1. The second kappa shape index (κ2) is 6.10. The highest BCUT2D eigenvalue weighted by atomic mass is 32.2. The van der Waals surface area contributed by atoms with Gasteiger partial charge in [0.2, 0.25) is 0 Å². The van der Waals surface area contributed by atoms with Gasteiger partial charge in [-0.05, 0) is 30.0 Å². The van der Waals surface area contributed by atoms with E-state index >= 15 is 0 Å². The Hall–Kier alpha value is -0.970. The van der Waals surface area contributed by atoms with Gasteiger partial charge >= 0.3 is 0 Å². The van der Waals surface area contributed by atoms with E-state index in [0.29, 0.717) is 6.54 Å². The van der Waals surface area contributed by atoms with Gasteiger partial charge in [-0.3, -0.25) is 4.21 Å². The standard InChI is InChI=1S/C13H15NOS2/c14-9-8-12(11-5-2-1-3-6-11)17(15)13-7-4-10-16-13/h1-7,10,12H,8-9,14H2. The molecule has 0 aliphatic carbocycles. The van der Waals surface area contributed by atoms with Gasteiger partial charge in [-0.2, -0.15) is 0 Å². The first-order valence-corrected chi connectivity index (χ1v) is 7.61. The molecule has 0 spiro atoms. The van der Waals surface area contributed by atoms with Crippen molar-refractivity contribution >= 4 is 22.1 Å². The molecule has 0 fully saturated rings. The van der Waals surface area contributed by atoms with Gasteiger partial charge < -0.3 is 5.73 Å². The Balaban J connectivity index is 2.27. The van der Waals surface area contributed by atoms with Crippen LogP contribution in [0, 0.1) is 0 Å². The third-order valence-electron chi connectivity index (χ3n) is 2.55. The Labute approximate surface area is 108 Å². The summed E-state index contributed by atoms with van der Waals surface area (Å²) in [7, 11) is -1.00. The maximum Gasteiger partial charge on any atom is 0.0916 e. The summed E-state index contributed by atoms with van der Waals surface area (Å²) in [6.45, 7) is 0.552. The third kappa shape index (κ3) is 3.03. The van der Waals surface area contributed by atoms with Gasteiger partial charge in [0.15, 0.2) is 0 Å². The highest BCUT2D eigenvalue weighted by Gasteiger charge is 2.20. The van der Waals surface area contributed by atoms with Gasteiger partial charge in [0.1, 0.15) is 0 Å². The molecule has 1 aromatic heterocycles. The molecule has 2 rings (SSSR count). The van der Waals surface area contributed by atoms with Crippen molar-refractivity contribution in [3.05, 3.63) is 53.4 Å². The number of hydrogen-bond donors (Lipinski definition) is 1. The van der Waals surface area contributed by atoms with Crippen LogP contribution in [-0.4, -0.2) is 10.8 Å². The average molecular weight is 265 g/mol. The molecule has 0 aliphatic rings. The lowest BCUT2D eigenvalue weighted by Gasteiger charge is -2.15. The van der Waals surface area contributed by atoms with Crippen LogP contribution in [0.5, 0.6) is 0 Å². The first-order valence-electron chi connectivity index (χ1n) is 5.52. The molecule has 0 saturated carbocycles. The predicted octanol–water partition coefficient (Wildman–Crippen LogP) is 2.95. The van der Waals surface area contributed by atoms with Crippen LogP contribution in [0.2, 0.25) is 0 Å². The maximum absolute atomic E-state index is 12.5. The van der Waals surface area contributed by atoms with Gasteiger partial charge in [0, 0.05) is 0 Å². The molecular formula is C13H15NOS2. The summed E-state index contributed by atoms with van der Waals surface area (Å²) in [5, 5.41) is 1.96. The van der Waals surface area contributed by atoms with E-state index in [1.807, 2.05) is 47.8 Å². The van der Waals surface area contributed by atoms with Crippen LogP contribution >= 0.6 is 11.3 Å². The van der Waals surface area contributed by atoms with Crippen molar-refractivity contribution in [2.45, 2.75) is 15.9 Å². The SMILES string of the molecule is NCCC(c1ccccc1)S(=O)c1cccs1. The van der Waals surface area contributed by atoms with Crippen LogP contribution in [0.1, 0.15) is 17.2 Å². The number of benzene rings is 1. The van der Waals surface area contributed by atoms with E-state index in [9.17, 15) is 4.21 Å². The molecule has 2 nitrogen and oxygen atoms in total. The lowest BCUT2D eigenvalue weighted by Crippen LogP contribution is -2.12. The number of hydrogen-bond acceptors (Lipinski definition) is 3. The fraction of sp³-hybridized carbons (Fsp3) is 0.231. The second-order valence-electron chi connectivity index (χ2n) is 3.71. The van der Waals surface area contributed by atoms with Crippen LogP contribution < -0.4 is 5.73 Å². The quantitative estimate of drug-likeness (QED) is 0.903. The molecular weight excluding hydrogens is 250 g/mol. The summed E-state index contributed by atoms with van der Waals surface area (Å²) < 4.78 is 13.4. The zero-order valence-electron chi connectivity index (χ0n) is 9.41. The Morgan fingerprint density at radius 2 is 1.94 bits per heavy atom. The van der Waals surface area contributed by atoms with Gasteiger partial charge in [0.05, 0.1) is 20.3 Å². The largest absolute Gasteiger partial charge is 0.330 e. The van der Waals surface area contributed by atoms with E-state index in [2.05, 4.69) is 0 Å². The lowest BCUT2D eigenvalue weighted by molar-refractivity contribution is 0.665. The molecule has 1 aromatic carbocycles. The van der Waals surface area contributed by atoms with Crippen LogP contribution in [0.15, 0.2) is 52.1 Å². The summed E-state index contributed by atoms with van der Waals surface area (Å²) in [6.07, 6.45) is 0.745. The molecule has 0 bridgehead atoms. The smallest absolute Gasteiger partial charge is 0.0916 e. The molecule has 90 valence electrons. The Morgan fingerprint density at radius 1 is 1.18 bits per heavy atom. The Bertz CT molecular complexity index is 467. The number of rotatable bonds is 5. The van der Waals surface area contributed by atoms with Crippen LogP contribution in [0.3, 0.4) is 0 Å². The van der Waals surface area contributed by atoms with Crippen molar-refractivity contribution in [3.63, 3.8) is 0 Å². The molecule has 1 heterocycles. The summed E-state index contributed by atoms with van der Waals surface area (Å²) in [5.41, 5.74) is 6.73. The Kier molecular flexibility index (Phi) is 4.48. The Morgan fingerprint density at radius 3 is 2.53 bits per heavy atom. The van der Waals surface area contributed by atoms with Crippen molar-refractivity contribution in [2.75, 3.05) is 6.54 Å². The van der Waals surface area contributed by atoms with Crippen molar-refractivity contribution in [1.29, 1.82) is 0 Å². The highest BCUT2D eigenvalue weighted by molar-refractivity contribution is 7.87. The van der Waals surface area contributed by atoms with Crippen molar-refractivity contribution in [1.82, 2.24) is 0 Å². The molecule has 17 heavy (non-hydrogen) atoms. The minimum Gasteiger partial charge on any atom is -0.330 e. The lowest BCUT2D eigenvalue weighted by atomic mass is 10.1. The molecule has 0 aliphatic heterocycles. The van der Waals surface area contributed by atoms with Crippen molar-refractivity contribution < 1.29 is 4.21 Å². The topological polar surface area (TPSA) is 43.1 Å². The van der Waals surface area contributed by atoms with Crippen LogP contribution in [-0.2, 0) is 10.8 Å². The van der Waals surface area contributed by atoms with E-state index in [1.165, 1.54) is 11.3 Å². The first-order chi connectivity index (χ1) is 8.33. The molecule has 2 N–H and O–H groups in total. The van der Waals surface area contributed by atoms with Crippen LogP contribution in [0.25, 0.3) is 0 Å². The van der Waals surface area contributed by atoms with E-state index < -0.39 is 10.8 Å². The summed E-state index contributed by atoms with van der Waals surface area (Å²) in [4.78, 5) is 0. The fourth-order valence-corrected chi connectivity index (χ4v) is 4.33. The molecule has 2 atom stereocenters. The molecule has 0 saturated heterocycles. The van der Waals surface area contributed by atoms with E-state index in [4.69, 9.17) is 5.73 Å². The third-order valence-corrected chi connectivity index (χ3v) is 5.55. The zero-order valence-corrected chi connectivity index (χ0v) is 11.0. The normalized spacial score (nSPS) is 14.4. The fourth-order valence-electron chi connectivity index (χ4n) is 1.73. The van der Waals surface area contributed by atoms with Gasteiger partial charge in [0.25, 0.3) is 0 Å².